The fourth-order valence-electron chi connectivity index (χ4n) is 2.01. The number of carbonyl (C=O) groups excluding carboxylic acids is 1. The van der Waals surface area contributed by atoms with Crippen molar-refractivity contribution in [2.45, 2.75) is 20.3 Å². The molecule has 0 aliphatic rings. The Labute approximate surface area is 130 Å². The molecule has 3 rings (SSSR count). The van der Waals surface area contributed by atoms with Crippen LogP contribution in [0.4, 0.5) is 5.69 Å². The minimum absolute atomic E-state index is 0.210. The Kier molecular flexibility index (Phi) is 3.88. The van der Waals surface area contributed by atoms with Crippen LogP contribution in [0.1, 0.15) is 27.9 Å². The standard InChI is InChI=1S/C13H13N7OS/c1-3-10-12(22-19-16-10)13(21)15-9-5-4-8(2)11(6-9)20-7-14-17-18-20/h4-7H,3H2,1-2H3,(H,15,21). The van der Waals surface area contributed by atoms with Crippen LogP contribution in [0.2, 0.25) is 0 Å². The molecule has 0 saturated carbocycles. The third-order valence-corrected chi connectivity index (χ3v) is 3.93. The van der Waals surface area contributed by atoms with Gasteiger partial charge in [-0.15, -0.1) is 10.2 Å². The first-order valence-electron chi connectivity index (χ1n) is 6.65. The van der Waals surface area contributed by atoms with E-state index in [2.05, 4.69) is 30.4 Å². The van der Waals surface area contributed by atoms with E-state index < -0.39 is 0 Å². The maximum Gasteiger partial charge on any atom is 0.269 e. The third-order valence-electron chi connectivity index (χ3n) is 3.16. The molecular weight excluding hydrogens is 302 g/mol. The highest BCUT2D eigenvalue weighted by Gasteiger charge is 2.15. The van der Waals surface area contributed by atoms with Gasteiger partial charge in [-0.1, -0.05) is 17.5 Å². The summed E-state index contributed by atoms with van der Waals surface area (Å²) in [6.07, 6.45) is 2.18. The number of aromatic nitrogens is 6. The van der Waals surface area contributed by atoms with Crippen molar-refractivity contribution in [2.75, 3.05) is 5.32 Å². The van der Waals surface area contributed by atoms with Gasteiger partial charge in [0.15, 0.2) is 0 Å². The molecule has 0 spiro atoms. The summed E-state index contributed by atoms with van der Waals surface area (Å²) >= 11 is 1.10. The van der Waals surface area contributed by atoms with E-state index in [-0.39, 0.29) is 5.91 Å². The highest BCUT2D eigenvalue weighted by Crippen LogP contribution is 2.20. The molecule has 0 bridgehead atoms. The number of benzene rings is 1. The van der Waals surface area contributed by atoms with E-state index in [9.17, 15) is 4.79 Å². The van der Waals surface area contributed by atoms with E-state index in [1.54, 1.807) is 4.68 Å². The van der Waals surface area contributed by atoms with Crippen molar-refractivity contribution in [2.24, 2.45) is 0 Å². The summed E-state index contributed by atoms with van der Waals surface area (Å²) in [6.45, 7) is 3.89. The summed E-state index contributed by atoms with van der Waals surface area (Å²) in [5, 5.41) is 17.9. The van der Waals surface area contributed by atoms with Gasteiger partial charge in [-0.3, -0.25) is 4.79 Å². The molecule has 1 amide bonds. The van der Waals surface area contributed by atoms with Crippen LogP contribution in [0.5, 0.6) is 0 Å². The van der Waals surface area contributed by atoms with Crippen LogP contribution in [0.15, 0.2) is 24.5 Å². The fraction of sp³-hybridized carbons (Fsp3) is 0.231. The molecule has 0 aliphatic heterocycles. The lowest BCUT2D eigenvalue weighted by Gasteiger charge is -2.09. The minimum Gasteiger partial charge on any atom is -0.321 e. The van der Waals surface area contributed by atoms with E-state index in [0.717, 1.165) is 22.8 Å². The Hall–Kier alpha value is -2.68. The maximum absolute atomic E-state index is 12.3. The second-order valence-corrected chi connectivity index (χ2v) is 5.37. The number of rotatable bonds is 4. The van der Waals surface area contributed by atoms with Gasteiger partial charge in [-0.25, -0.2) is 4.68 Å². The zero-order chi connectivity index (χ0) is 15.5. The van der Waals surface area contributed by atoms with Crippen molar-refractivity contribution < 1.29 is 4.79 Å². The number of amides is 1. The zero-order valence-corrected chi connectivity index (χ0v) is 12.8. The number of tetrazole rings is 1. The van der Waals surface area contributed by atoms with Crippen molar-refractivity contribution in [1.82, 2.24) is 29.8 Å². The summed E-state index contributed by atoms with van der Waals surface area (Å²) < 4.78 is 5.38. The van der Waals surface area contributed by atoms with E-state index in [1.165, 1.54) is 6.33 Å². The maximum atomic E-state index is 12.3. The van der Waals surface area contributed by atoms with E-state index >= 15 is 0 Å². The van der Waals surface area contributed by atoms with Crippen LogP contribution in [0.25, 0.3) is 5.69 Å². The third kappa shape index (κ3) is 2.70. The second kappa shape index (κ2) is 5.98. The molecule has 0 unspecified atom stereocenters. The SMILES string of the molecule is CCc1nnsc1C(=O)Nc1ccc(C)c(-n2cnnn2)c1. The van der Waals surface area contributed by atoms with Crippen LogP contribution in [-0.2, 0) is 6.42 Å². The van der Waals surface area contributed by atoms with E-state index in [0.29, 0.717) is 22.7 Å². The number of hydrogen-bond acceptors (Lipinski definition) is 7. The van der Waals surface area contributed by atoms with Gasteiger partial charge in [0.05, 0.1) is 11.4 Å². The van der Waals surface area contributed by atoms with Gasteiger partial charge >= 0.3 is 0 Å². The number of anilines is 1. The molecule has 8 nitrogen and oxygen atoms in total. The summed E-state index contributed by atoms with van der Waals surface area (Å²) in [6, 6.07) is 5.56. The summed E-state index contributed by atoms with van der Waals surface area (Å²) in [5.41, 5.74) is 3.17. The van der Waals surface area contributed by atoms with Crippen molar-refractivity contribution >= 4 is 23.1 Å². The highest BCUT2D eigenvalue weighted by molar-refractivity contribution is 7.08. The number of nitrogens with one attached hydrogen (secondary N) is 1. The number of aryl methyl sites for hydroxylation is 2. The van der Waals surface area contributed by atoms with Gasteiger partial charge in [0, 0.05) is 5.69 Å². The molecule has 2 aromatic heterocycles. The molecule has 0 atom stereocenters. The molecule has 1 aromatic carbocycles. The monoisotopic (exact) mass is 315 g/mol. The summed E-state index contributed by atoms with van der Waals surface area (Å²) in [4.78, 5) is 12.8. The Morgan fingerprint density at radius 2 is 2.27 bits per heavy atom. The van der Waals surface area contributed by atoms with Crippen molar-refractivity contribution in [3.05, 3.63) is 40.7 Å². The molecule has 0 aliphatic carbocycles. The molecule has 22 heavy (non-hydrogen) atoms. The largest absolute Gasteiger partial charge is 0.321 e. The Balaban J connectivity index is 1.87. The quantitative estimate of drug-likeness (QED) is 0.786. The summed E-state index contributed by atoms with van der Waals surface area (Å²) in [5.74, 6) is -0.210. The molecule has 9 heteroatoms. The zero-order valence-electron chi connectivity index (χ0n) is 12.0. The average molecular weight is 315 g/mol. The van der Waals surface area contributed by atoms with E-state index in [1.807, 2.05) is 32.0 Å². The molecular formula is C13H13N7OS. The first kappa shape index (κ1) is 14.3. The number of nitrogens with zero attached hydrogens (tertiary/aromatic N) is 6. The first-order valence-corrected chi connectivity index (χ1v) is 7.43. The van der Waals surface area contributed by atoms with Gasteiger partial charge in [0.25, 0.3) is 5.91 Å². The lowest BCUT2D eigenvalue weighted by atomic mass is 10.1. The first-order chi connectivity index (χ1) is 10.7. The van der Waals surface area contributed by atoms with E-state index in [4.69, 9.17) is 0 Å². The van der Waals surface area contributed by atoms with Gasteiger partial charge < -0.3 is 5.32 Å². The van der Waals surface area contributed by atoms with Crippen LogP contribution in [0, 0.1) is 6.92 Å². The predicted octanol–water partition coefficient (Wildman–Crippen LogP) is 1.64. The van der Waals surface area contributed by atoms with Crippen molar-refractivity contribution in [1.29, 1.82) is 0 Å². The van der Waals surface area contributed by atoms with Crippen LogP contribution >= 0.6 is 11.5 Å². The van der Waals surface area contributed by atoms with Crippen LogP contribution < -0.4 is 5.32 Å². The van der Waals surface area contributed by atoms with Crippen LogP contribution in [0.3, 0.4) is 0 Å². The molecule has 2 heterocycles. The van der Waals surface area contributed by atoms with Crippen molar-refractivity contribution in [3.63, 3.8) is 0 Å². The molecule has 1 N–H and O–H groups in total. The minimum atomic E-state index is -0.210. The normalized spacial score (nSPS) is 10.6. The fourth-order valence-corrected chi connectivity index (χ4v) is 2.65. The van der Waals surface area contributed by atoms with Crippen molar-refractivity contribution in [3.8, 4) is 5.69 Å². The Morgan fingerprint density at radius 3 is 3.00 bits per heavy atom. The Morgan fingerprint density at radius 1 is 1.41 bits per heavy atom. The molecule has 0 fully saturated rings. The van der Waals surface area contributed by atoms with Gasteiger partial charge in [-0.05, 0) is 53.0 Å². The molecule has 0 radical (unpaired) electrons. The lowest BCUT2D eigenvalue weighted by molar-refractivity contribution is 0.102. The molecule has 0 saturated heterocycles. The summed E-state index contributed by atoms with van der Waals surface area (Å²) in [7, 11) is 0. The van der Waals surface area contributed by atoms with Crippen LogP contribution in [-0.4, -0.2) is 35.7 Å². The molecule has 112 valence electrons. The van der Waals surface area contributed by atoms with Gasteiger partial charge in [0.2, 0.25) is 0 Å². The topological polar surface area (TPSA) is 98.5 Å². The van der Waals surface area contributed by atoms with Gasteiger partial charge in [0.1, 0.15) is 11.2 Å². The average Bonchev–Trinajstić information content (AvgIpc) is 3.20. The molecule has 3 aromatic rings. The number of hydrogen-bond donors (Lipinski definition) is 1. The second-order valence-electron chi connectivity index (χ2n) is 4.61. The lowest BCUT2D eigenvalue weighted by Crippen LogP contribution is -2.13. The highest BCUT2D eigenvalue weighted by atomic mass is 32.1. The Bertz CT molecular complexity index is 797. The smallest absolute Gasteiger partial charge is 0.269 e. The van der Waals surface area contributed by atoms with Gasteiger partial charge in [-0.2, -0.15) is 0 Å². The number of carbonyl (C=O) groups is 1. The predicted molar refractivity (Wildman–Crippen MR) is 81.1 cm³/mol.